The van der Waals surface area contributed by atoms with Crippen LogP contribution in [-0.2, 0) is 9.53 Å². The Morgan fingerprint density at radius 3 is 2.23 bits per heavy atom. The number of hydrogen-bond acceptors (Lipinski definition) is 3. The second-order valence-electron chi connectivity index (χ2n) is 6.51. The van der Waals surface area contributed by atoms with E-state index in [1.54, 1.807) is 0 Å². The van der Waals surface area contributed by atoms with Crippen LogP contribution in [0, 0.1) is 0 Å². The number of rotatable bonds is 5. The van der Waals surface area contributed by atoms with Crippen molar-refractivity contribution in [3.8, 4) is 11.1 Å². The number of likely N-dealkylation sites (tertiary alicyclic amines) is 1. The minimum absolute atomic E-state index is 0.0475. The zero-order valence-electron chi connectivity index (χ0n) is 15.0. The minimum Gasteiger partial charge on any atom is -0.375 e. The number of amides is 2. The van der Waals surface area contributed by atoms with E-state index in [2.05, 4.69) is 17.4 Å². The highest BCUT2D eigenvalue weighted by Gasteiger charge is 2.24. The van der Waals surface area contributed by atoms with Crippen LogP contribution >= 0.6 is 0 Å². The molecule has 3 rings (SSSR count). The number of carbonyl (C=O) groups excluding carboxylic acids is 2. The van der Waals surface area contributed by atoms with Crippen molar-refractivity contribution in [1.82, 2.24) is 10.2 Å². The first-order chi connectivity index (χ1) is 12.7. The Bertz CT molecular complexity index is 736. The normalized spacial score (nSPS) is 14.9. The number of nitrogens with one attached hydrogen (secondary N) is 1. The Labute approximate surface area is 154 Å². The summed E-state index contributed by atoms with van der Waals surface area (Å²) in [6.45, 7) is 1.38. The van der Waals surface area contributed by atoms with Crippen molar-refractivity contribution >= 4 is 11.8 Å². The van der Waals surface area contributed by atoms with Crippen LogP contribution in [0.2, 0.25) is 0 Å². The molecule has 1 N–H and O–H groups in total. The van der Waals surface area contributed by atoms with Crippen molar-refractivity contribution in [2.75, 3.05) is 26.8 Å². The standard InChI is InChI=1S/C21H24N2O3/c1-26-15-20(24)22-19-11-13-23(14-12-19)21(25)18-9-7-17(8-10-18)16-5-3-2-4-6-16/h2-10,19H,11-15H2,1H3,(H,22,24). The van der Waals surface area contributed by atoms with Gasteiger partial charge in [0, 0.05) is 31.8 Å². The zero-order valence-corrected chi connectivity index (χ0v) is 15.0. The summed E-state index contributed by atoms with van der Waals surface area (Å²) >= 11 is 0. The first-order valence-electron chi connectivity index (χ1n) is 8.90. The molecule has 1 aliphatic rings. The average Bonchev–Trinajstić information content (AvgIpc) is 2.69. The number of carbonyl (C=O) groups is 2. The molecule has 0 aromatic heterocycles. The molecule has 1 fully saturated rings. The fourth-order valence-corrected chi connectivity index (χ4v) is 3.25. The van der Waals surface area contributed by atoms with Crippen LogP contribution < -0.4 is 5.32 Å². The van der Waals surface area contributed by atoms with Gasteiger partial charge in [0.05, 0.1) is 0 Å². The molecule has 0 atom stereocenters. The number of ether oxygens (including phenoxy) is 1. The molecule has 0 aliphatic carbocycles. The lowest BCUT2D eigenvalue weighted by atomic mass is 10.0. The lowest BCUT2D eigenvalue weighted by Gasteiger charge is -2.32. The quantitative estimate of drug-likeness (QED) is 0.900. The van der Waals surface area contributed by atoms with Gasteiger partial charge in [0.25, 0.3) is 5.91 Å². The first kappa shape index (κ1) is 18.1. The molecular weight excluding hydrogens is 328 g/mol. The van der Waals surface area contributed by atoms with Gasteiger partial charge < -0.3 is 15.0 Å². The lowest BCUT2D eigenvalue weighted by molar-refractivity contribution is -0.125. The number of nitrogens with zero attached hydrogens (tertiary/aromatic N) is 1. The average molecular weight is 352 g/mol. The molecule has 1 aliphatic heterocycles. The number of piperidine rings is 1. The molecule has 2 amide bonds. The molecule has 0 bridgehead atoms. The van der Waals surface area contributed by atoms with Gasteiger partial charge in [0.15, 0.2) is 0 Å². The monoisotopic (exact) mass is 352 g/mol. The van der Waals surface area contributed by atoms with Crippen LogP contribution in [0.15, 0.2) is 54.6 Å². The predicted molar refractivity (Wildman–Crippen MR) is 101 cm³/mol. The molecule has 5 heteroatoms. The van der Waals surface area contributed by atoms with Gasteiger partial charge in [-0.2, -0.15) is 0 Å². The topological polar surface area (TPSA) is 58.6 Å². The van der Waals surface area contributed by atoms with Gasteiger partial charge in [-0.15, -0.1) is 0 Å². The number of benzene rings is 2. The van der Waals surface area contributed by atoms with E-state index in [4.69, 9.17) is 4.74 Å². The molecule has 0 radical (unpaired) electrons. The maximum atomic E-state index is 12.7. The Morgan fingerprint density at radius 1 is 1.00 bits per heavy atom. The van der Waals surface area contributed by atoms with E-state index in [9.17, 15) is 9.59 Å². The summed E-state index contributed by atoms with van der Waals surface area (Å²) in [6.07, 6.45) is 1.53. The van der Waals surface area contributed by atoms with E-state index in [-0.39, 0.29) is 24.5 Å². The largest absolute Gasteiger partial charge is 0.375 e. The summed E-state index contributed by atoms with van der Waals surface area (Å²) in [5.41, 5.74) is 2.94. The molecule has 136 valence electrons. The fourth-order valence-electron chi connectivity index (χ4n) is 3.25. The molecule has 0 spiro atoms. The van der Waals surface area contributed by atoms with E-state index in [1.807, 2.05) is 47.4 Å². The molecule has 5 nitrogen and oxygen atoms in total. The first-order valence-corrected chi connectivity index (χ1v) is 8.90. The number of hydrogen-bond donors (Lipinski definition) is 1. The van der Waals surface area contributed by atoms with E-state index >= 15 is 0 Å². The van der Waals surface area contributed by atoms with Crippen molar-refractivity contribution in [2.45, 2.75) is 18.9 Å². The SMILES string of the molecule is COCC(=O)NC1CCN(C(=O)c2ccc(-c3ccccc3)cc2)CC1. The lowest BCUT2D eigenvalue weighted by Crippen LogP contribution is -2.47. The Hall–Kier alpha value is -2.66. The third kappa shape index (κ3) is 4.49. The molecule has 26 heavy (non-hydrogen) atoms. The third-order valence-corrected chi connectivity index (χ3v) is 4.66. The van der Waals surface area contributed by atoms with Crippen LogP contribution in [0.25, 0.3) is 11.1 Å². The summed E-state index contributed by atoms with van der Waals surface area (Å²) < 4.78 is 4.83. The summed E-state index contributed by atoms with van der Waals surface area (Å²) in [5, 5.41) is 2.94. The second kappa shape index (κ2) is 8.63. The fraction of sp³-hybridized carbons (Fsp3) is 0.333. The van der Waals surface area contributed by atoms with Crippen molar-refractivity contribution in [1.29, 1.82) is 0 Å². The van der Waals surface area contributed by atoms with Crippen LogP contribution in [0.5, 0.6) is 0 Å². The Balaban J connectivity index is 1.56. The van der Waals surface area contributed by atoms with Crippen LogP contribution in [0.4, 0.5) is 0 Å². The highest BCUT2D eigenvalue weighted by molar-refractivity contribution is 5.94. The van der Waals surface area contributed by atoms with Crippen molar-refractivity contribution < 1.29 is 14.3 Å². The van der Waals surface area contributed by atoms with Gasteiger partial charge in [-0.1, -0.05) is 42.5 Å². The van der Waals surface area contributed by atoms with Gasteiger partial charge in [-0.25, -0.2) is 0 Å². The zero-order chi connectivity index (χ0) is 18.4. The van der Waals surface area contributed by atoms with Gasteiger partial charge in [-0.05, 0) is 36.1 Å². The third-order valence-electron chi connectivity index (χ3n) is 4.66. The van der Waals surface area contributed by atoms with Crippen LogP contribution in [0.1, 0.15) is 23.2 Å². The van der Waals surface area contributed by atoms with Crippen LogP contribution in [-0.4, -0.2) is 49.6 Å². The molecule has 1 heterocycles. The number of methoxy groups -OCH3 is 1. The van der Waals surface area contributed by atoms with Crippen molar-refractivity contribution in [3.63, 3.8) is 0 Å². The molecule has 2 aromatic carbocycles. The summed E-state index contributed by atoms with van der Waals surface area (Å²) in [4.78, 5) is 26.1. The van der Waals surface area contributed by atoms with Gasteiger partial charge in [-0.3, -0.25) is 9.59 Å². The van der Waals surface area contributed by atoms with E-state index in [0.29, 0.717) is 18.7 Å². The summed E-state index contributed by atoms with van der Waals surface area (Å²) in [7, 11) is 1.50. The maximum absolute atomic E-state index is 12.7. The molecule has 1 saturated heterocycles. The minimum atomic E-state index is -0.103. The molecule has 0 saturated carbocycles. The summed E-state index contributed by atoms with van der Waals surface area (Å²) in [5.74, 6) is -0.0555. The maximum Gasteiger partial charge on any atom is 0.253 e. The van der Waals surface area contributed by atoms with E-state index < -0.39 is 0 Å². The molecular formula is C21H24N2O3. The highest BCUT2D eigenvalue weighted by Crippen LogP contribution is 2.20. The Morgan fingerprint density at radius 2 is 1.62 bits per heavy atom. The molecule has 0 unspecified atom stereocenters. The van der Waals surface area contributed by atoms with Crippen molar-refractivity contribution in [3.05, 3.63) is 60.2 Å². The van der Waals surface area contributed by atoms with Gasteiger partial charge in [0.2, 0.25) is 5.91 Å². The van der Waals surface area contributed by atoms with E-state index in [0.717, 1.165) is 24.0 Å². The van der Waals surface area contributed by atoms with Gasteiger partial charge >= 0.3 is 0 Å². The predicted octanol–water partition coefficient (Wildman–Crippen LogP) is 2.72. The molecule has 2 aromatic rings. The second-order valence-corrected chi connectivity index (χ2v) is 6.51. The summed E-state index contributed by atoms with van der Waals surface area (Å²) in [6, 6.07) is 18.0. The van der Waals surface area contributed by atoms with Gasteiger partial charge in [0.1, 0.15) is 6.61 Å². The highest BCUT2D eigenvalue weighted by atomic mass is 16.5. The van der Waals surface area contributed by atoms with Crippen LogP contribution in [0.3, 0.4) is 0 Å². The smallest absolute Gasteiger partial charge is 0.253 e. The van der Waals surface area contributed by atoms with Crippen molar-refractivity contribution in [2.24, 2.45) is 0 Å². The Kier molecular flexibility index (Phi) is 6.02. The van der Waals surface area contributed by atoms with E-state index in [1.165, 1.54) is 7.11 Å².